The second kappa shape index (κ2) is 7.83. The van der Waals surface area contributed by atoms with Crippen LogP contribution in [-0.2, 0) is 14.9 Å². The summed E-state index contributed by atoms with van der Waals surface area (Å²) in [6.07, 6.45) is 0.372. The Bertz CT molecular complexity index is 694. The van der Waals surface area contributed by atoms with Crippen molar-refractivity contribution in [2.45, 2.75) is 51.6 Å². The van der Waals surface area contributed by atoms with Crippen LogP contribution in [0.1, 0.15) is 51.2 Å². The summed E-state index contributed by atoms with van der Waals surface area (Å²) in [6.45, 7) is 8.48. The molecule has 0 spiro atoms. The maximum absolute atomic E-state index is 11.6. The Morgan fingerprint density at radius 3 is 1.88 bits per heavy atom. The molecule has 3 heteroatoms. The molecule has 0 saturated carbocycles. The van der Waals surface area contributed by atoms with Gasteiger partial charge in [-0.15, -0.1) is 0 Å². The quantitative estimate of drug-likeness (QED) is 0.782. The SMILES string of the molecule is COC(C)C[C@@H](C(=O)O)c1ccc(-c2ccc(C(C)(C)C)cc2)cc1. The summed E-state index contributed by atoms with van der Waals surface area (Å²) in [5.41, 5.74) is 4.47. The molecule has 2 aromatic carbocycles. The maximum atomic E-state index is 11.6. The Kier molecular flexibility index (Phi) is 6.02. The smallest absolute Gasteiger partial charge is 0.311 e. The van der Waals surface area contributed by atoms with E-state index in [-0.39, 0.29) is 11.5 Å². The minimum absolute atomic E-state index is 0.0919. The Hall–Kier alpha value is -2.13. The van der Waals surface area contributed by atoms with Gasteiger partial charge in [-0.25, -0.2) is 0 Å². The summed E-state index contributed by atoms with van der Waals surface area (Å²) in [4.78, 5) is 11.6. The fourth-order valence-electron chi connectivity index (χ4n) is 2.88. The van der Waals surface area contributed by atoms with Gasteiger partial charge < -0.3 is 9.84 Å². The molecule has 2 aromatic rings. The lowest BCUT2D eigenvalue weighted by Crippen LogP contribution is -2.18. The third-order valence-corrected chi connectivity index (χ3v) is 4.67. The molecule has 0 amide bonds. The molecule has 0 aliphatic heterocycles. The Morgan fingerprint density at radius 1 is 1.00 bits per heavy atom. The summed E-state index contributed by atoms with van der Waals surface area (Å²) >= 11 is 0. The highest BCUT2D eigenvalue weighted by atomic mass is 16.5. The molecule has 0 radical (unpaired) electrons. The molecule has 0 saturated heterocycles. The maximum Gasteiger partial charge on any atom is 0.311 e. The van der Waals surface area contributed by atoms with Crippen LogP contribution in [0.3, 0.4) is 0 Å². The molecule has 0 fully saturated rings. The number of carbonyl (C=O) groups is 1. The van der Waals surface area contributed by atoms with Gasteiger partial charge in [0.25, 0.3) is 0 Å². The Labute approximate surface area is 150 Å². The monoisotopic (exact) mass is 340 g/mol. The van der Waals surface area contributed by atoms with Crippen LogP contribution in [0, 0.1) is 0 Å². The number of aliphatic carboxylic acids is 1. The minimum atomic E-state index is -0.814. The molecule has 1 unspecified atom stereocenters. The fourth-order valence-corrected chi connectivity index (χ4v) is 2.88. The van der Waals surface area contributed by atoms with Crippen molar-refractivity contribution in [2.24, 2.45) is 0 Å². The van der Waals surface area contributed by atoms with Crippen molar-refractivity contribution in [3.8, 4) is 11.1 Å². The van der Waals surface area contributed by atoms with E-state index in [2.05, 4.69) is 45.0 Å². The zero-order valence-electron chi connectivity index (χ0n) is 15.7. The Balaban J connectivity index is 2.22. The summed E-state index contributed by atoms with van der Waals surface area (Å²) in [7, 11) is 1.61. The molecule has 3 nitrogen and oxygen atoms in total. The number of benzene rings is 2. The second-order valence-corrected chi connectivity index (χ2v) is 7.62. The van der Waals surface area contributed by atoms with Crippen LogP contribution in [0.4, 0.5) is 0 Å². The van der Waals surface area contributed by atoms with Crippen molar-refractivity contribution in [3.05, 3.63) is 59.7 Å². The summed E-state index contributed by atoms with van der Waals surface area (Å²) in [5, 5.41) is 9.51. The topological polar surface area (TPSA) is 46.5 Å². The molecule has 2 atom stereocenters. The average Bonchev–Trinajstić information content (AvgIpc) is 2.58. The average molecular weight is 340 g/mol. The van der Waals surface area contributed by atoms with Crippen LogP contribution in [0.5, 0.6) is 0 Å². The third kappa shape index (κ3) is 4.93. The summed E-state index contributed by atoms with van der Waals surface area (Å²) in [6, 6.07) is 16.4. The van der Waals surface area contributed by atoms with E-state index >= 15 is 0 Å². The van der Waals surface area contributed by atoms with E-state index in [4.69, 9.17) is 4.74 Å². The van der Waals surface area contributed by atoms with Gasteiger partial charge in [0.05, 0.1) is 12.0 Å². The molecule has 0 aromatic heterocycles. The highest BCUT2D eigenvalue weighted by Gasteiger charge is 2.22. The van der Waals surface area contributed by atoms with Crippen LogP contribution in [-0.4, -0.2) is 24.3 Å². The second-order valence-electron chi connectivity index (χ2n) is 7.62. The number of ether oxygens (including phenoxy) is 1. The first-order valence-corrected chi connectivity index (χ1v) is 8.69. The standard InChI is InChI=1S/C22H28O3/c1-15(25-5)14-20(21(23)24)18-8-6-16(7-9-18)17-10-12-19(13-11-17)22(2,3)4/h6-13,15,20H,14H2,1-5H3,(H,23,24)/t15?,20-/m1/s1. The number of hydrogen-bond donors (Lipinski definition) is 1. The van der Waals surface area contributed by atoms with E-state index in [9.17, 15) is 9.90 Å². The van der Waals surface area contributed by atoms with Gasteiger partial charge in [0.1, 0.15) is 0 Å². The number of carboxylic acid groups (broad SMARTS) is 1. The number of hydrogen-bond acceptors (Lipinski definition) is 2. The van der Waals surface area contributed by atoms with Gasteiger partial charge in [-0.2, -0.15) is 0 Å². The molecule has 0 aliphatic rings. The minimum Gasteiger partial charge on any atom is -0.481 e. The molecule has 1 N–H and O–H groups in total. The molecule has 0 aliphatic carbocycles. The molecule has 134 valence electrons. The molecular formula is C22H28O3. The predicted octanol–water partition coefficient (Wildman–Crippen LogP) is 5.24. The van der Waals surface area contributed by atoms with Crippen LogP contribution in [0.25, 0.3) is 11.1 Å². The van der Waals surface area contributed by atoms with Gasteiger partial charge in [0.2, 0.25) is 0 Å². The van der Waals surface area contributed by atoms with E-state index in [0.717, 1.165) is 16.7 Å². The predicted molar refractivity (Wildman–Crippen MR) is 102 cm³/mol. The van der Waals surface area contributed by atoms with E-state index < -0.39 is 11.9 Å². The third-order valence-electron chi connectivity index (χ3n) is 4.67. The van der Waals surface area contributed by atoms with E-state index in [1.165, 1.54) is 5.56 Å². The zero-order chi connectivity index (χ0) is 18.6. The number of rotatable bonds is 6. The molecule has 0 heterocycles. The summed E-state index contributed by atoms with van der Waals surface area (Å²) < 4.78 is 5.22. The highest BCUT2D eigenvalue weighted by molar-refractivity contribution is 5.76. The van der Waals surface area contributed by atoms with Gasteiger partial charge in [0.15, 0.2) is 0 Å². The first kappa shape index (κ1) is 19.2. The van der Waals surface area contributed by atoms with Crippen LogP contribution >= 0.6 is 0 Å². The van der Waals surface area contributed by atoms with E-state index in [1.807, 2.05) is 31.2 Å². The van der Waals surface area contributed by atoms with Crippen molar-refractivity contribution < 1.29 is 14.6 Å². The first-order valence-electron chi connectivity index (χ1n) is 8.69. The van der Waals surface area contributed by atoms with E-state index in [0.29, 0.717) is 6.42 Å². The van der Waals surface area contributed by atoms with Gasteiger partial charge in [-0.3, -0.25) is 4.79 Å². The molecule has 25 heavy (non-hydrogen) atoms. The van der Waals surface area contributed by atoms with Gasteiger partial charge in [-0.05, 0) is 41.0 Å². The molecule has 2 rings (SSSR count). The van der Waals surface area contributed by atoms with Crippen molar-refractivity contribution in [2.75, 3.05) is 7.11 Å². The van der Waals surface area contributed by atoms with Crippen LogP contribution < -0.4 is 0 Å². The fraction of sp³-hybridized carbons (Fsp3) is 0.409. The summed E-state index contributed by atoms with van der Waals surface area (Å²) in [5.74, 6) is -1.36. The zero-order valence-corrected chi connectivity index (χ0v) is 15.7. The van der Waals surface area contributed by atoms with Gasteiger partial charge >= 0.3 is 5.97 Å². The molecular weight excluding hydrogens is 312 g/mol. The number of carboxylic acids is 1. The highest BCUT2D eigenvalue weighted by Crippen LogP contribution is 2.28. The van der Waals surface area contributed by atoms with Gasteiger partial charge in [-0.1, -0.05) is 69.3 Å². The van der Waals surface area contributed by atoms with Crippen molar-refractivity contribution in [3.63, 3.8) is 0 Å². The van der Waals surface area contributed by atoms with Crippen molar-refractivity contribution in [1.29, 1.82) is 0 Å². The van der Waals surface area contributed by atoms with Crippen LogP contribution in [0.2, 0.25) is 0 Å². The first-order chi connectivity index (χ1) is 11.7. The lowest BCUT2D eigenvalue weighted by atomic mass is 9.86. The van der Waals surface area contributed by atoms with Crippen molar-refractivity contribution in [1.82, 2.24) is 0 Å². The van der Waals surface area contributed by atoms with E-state index in [1.54, 1.807) is 7.11 Å². The van der Waals surface area contributed by atoms with Crippen molar-refractivity contribution >= 4 is 5.97 Å². The van der Waals surface area contributed by atoms with Gasteiger partial charge in [0, 0.05) is 7.11 Å². The van der Waals surface area contributed by atoms with Crippen LogP contribution in [0.15, 0.2) is 48.5 Å². The number of methoxy groups -OCH3 is 1. The normalized spacial score (nSPS) is 14.1. The lowest BCUT2D eigenvalue weighted by Gasteiger charge is -2.19. The lowest BCUT2D eigenvalue weighted by molar-refractivity contribution is -0.139. The largest absolute Gasteiger partial charge is 0.481 e. The Morgan fingerprint density at radius 2 is 1.48 bits per heavy atom. The molecule has 0 bridgehead atoms.